The molecular weight excluding hydrogens is 364 g/mol. The predicted molar refractivity (Wildman–Crippen MR) is 102 cm³/mol. The number of rotatable bonds is 4. The third-order valence-corrected chi connectivity index (χ3v) is 4.95. The van der Waals surface area contributed by atoms with E-state index in [0.717, 1.165) is 5.52 Å². The Morgan fingerprint density at radius 1 is 1.39 bits per heavy atom. The van der Waals surface area contributed by atoms with Gasteiger partial charge in [0.1, 0.15) is 17.5 Å². The molecule has 1 aromatic heterocycles. The maximum absolute atomic E-state index is 14.5. The number of nitrogens with one attached hydrogen (secondary N) is 1. The lowest BCUT2D eigenvalue weighted by molar-refractivity contribution is -0.117. The second-order valence-electron chi connectivity index (χ2n) is 6.90. The molecule has 2 atom stereocenters. The summed E-state index contributed by atoms with van der Waals surface area (Å²) in [6.07, 6.45) is 0.743. The Balaban J connectivity index is 1.75. The van der Waals surface area contributed by atoms with Crippen LogP contribution in [0.2, 0.25) is 0 Å². The molecule has 0 radical (unpaired) electrons. The minimum absolute atomic E-state index is 0.229. The van der Waals surface area contributed by atoms with E-state index in [1.54, 1.807) is 28.9 Å². The van der Waals surface area contributed by atoms with Crippen LogP contribution in [0.3, 0.4) is 0 Å². The summed E-state index contributed by atoms with van der Waals surface area (Å²) in [5.74, 6) is -1.55. The second-order valence-corrected chi connectivity index (χ2v) is 6.90. The fourth-order valence-electron chi connectivity index (χ4n) is 3.15. The van der Waals surface area contributed by atoms with Gasteiger partial charge in [-0.3, -0.25) is 4.79 Å². The molecule has 1 heterocycles. The van der Waals surface area contributed by atoms with Gasteiger partial charge in [0.25, 0.3) is 0 Å². The molecule has 1 aliphatic rings. The number of imidazole rings is 1. The minimum Gasteiger partial charge on any atom is -0.342 e. The third kappa shape index (κ3) is 3.05. The van der Waals surface area contributed by atoms with Gasteiger partial charge in [-0.25, -0.2) is 13.8 Å². The molecule has 1 aliphatic carbocycles. The Morgan fingerprint density at radius 3 is 2.79 bits per heavy atom. The van der Waals surface area contributed by atoms with Crippen LogP contribution in [-0.2, 0) is 11.8 Å². The molecule has 4 rings (SSSR count). The van der Waals surface area contributed by atoms with Crippen molar-refractivity contribution in [1.29, 1.82) is 5.26 Å². The molecular formula is C20H17F2N5O. The van der Waals surface area contributed by atoms with Gasteiger partial charge in [0, 0.05) is 19.8 Å². The zero-order valence-corrected chi connectivity index (χ0v) is 15.3. The average molecular weight is 381 g/mol. The number of alkyl halides is 1. The van der Waals surface area contributed by atoms with Crippen molar-refractivity contribution in [1.82, 2.24) is 9.55 Å². The van der Waals surface area contributed by atoms with Crippen molar-refractivity contribution in [3.63, 3.8) is 0 Å². The van der Waals surface area contributed by atoms with Crippen molar-refractivity contribution in [2.75, 3.05) is 17.3 Å². The lowest BCUT2D eigenvalue weighted by Crippen LogP contribution is -2.17. The van der Waals surface area contributed by atoms with Crippen LogP contribution in [0.25, 0.3) is 11.0 Å². The van der Waals surface area contributed by atoms with Crippen LogP contribution in [0.15, 0.2) is 36.7 Å². The Morgan fingerprint density at radius 2 is 2.14 bits per heavy atom. The van der Waals surface area contributed by atoms with Crippen molar-refractivity contribution >= 4 is 34.0 Å². The second kappa shape index (κ2) is 6.60. The highest BCUT2D eigenvalue weighted by atomic mass is 19.1. The van der Waals surface area contributed by atoms with Gasteiger partial charge in [0.15, 0.2) is 0 Å². The zero-order valence-electron chi connectivity index (χ0n) is 15.3. The molecule has 1 fully saturated rings. The number of carbonyl (C=O) groups is 1. The number of aryl methyl sites for hydroxylation is 1. The number of hydrogen-bond acceptors (Lipinski definition) is 4. The fraction of sp³-hybridized carbons (Fsp3) is 0.250. The first kappa shape index (κ1) is 17.9. The van der Waals surface area contributed by atoms with Crippen molar-refractivity contribution in [3.8, 4) is 6.07 Å². The minimum atomic E-state index is -1.10. The van der Waals surface area contributed by atoms with Gasteiger partial charge in [-0.05, 0) is 36.8 Å². The number of aromatic nitrogens is 2. The quantitative estimate of drug-likeness (QED) is 0.749. The molecule has 1 N–H and O–H groups in total. The third-order valence-electron chi connectivity index (χ3n) is 4.95. The normalized spacial score (nSPS) is 18.0. The number of hydrogen-bond donors (Lipinski definition) is 1. The van der Waals surface area contributed by atoms with E-state index >= 15 is 0 Å². The van der Waals surface area contributed by atoms with Gasteiger partial charge in [-0.1, -0.05) is 0 Å². The van der Waals surface area contributed by atoms with Crippen molar-refractivity contribution in [3.05, 3.63) is 48.0 Å². The van der Waals surface area contributed by atoms with Crippen molar-refractivity contribution in [2.24, 2.45) is 13.0 Å². The van der Waals surface area contributed by atoms with E-state index < -0.39 is 17.9 Å². The predicted octanol–water partition coefficient (Wildman–Crippen LogP) is 3.65. The molecule has 1 amide bonds. The van der Waals surface area contributed by atoms with E-state index in [1.807, 2.05) is 19.2 Å². The summed E-state index contributed by atoms with van der Waals surface area (Å²) in [4.78, 5) is 18.1. The lowest BCUT2D eigenvalue weighted by atomic mass is 10.1. The number of anilines is 3. The molecule has 142 valence electrons. The van der Waals surface area contributed by atoms with Crippen LogP contribution in [0.1, 0.15) is 12.0 Å². The Bertz CT molecular complexity index is 1130. The van der Waals surface area contributed by atoms with E-state index in [2.05, 4.69) is 10.3 Å². The standard InChI is InChI=1S/C20H17F2N5O/c1-26-10-24-19-16(25-20(28)13-8-14(13)21)6-12(7-18(19)26)27(2)17-4-3-11(9-23)5-15(17)22/h3-7,10,13-14H,8H2,1-2H3,(H,25,28)/t13-,14+/m0/s1. The number of benzene rings is 2. The molecule has 0 spiro atoms. The van der Waals surface area contributed by atoms with Gasteiger partial charge < -0.3 is 14.8 Å². The number of halogens is 2. The van der Waals surface area contributed by atoms with Crippen LogP contribution in [0.5, 0.6) is 0 Å². The van der Waals surface area contributed by atoms with E-state index in [1.165, 1.54) is 18.2 Å². The highest BCUT2D eigenvalue weighted by Gasteiger charge is 2.43. The maximum atomic E-state index is 14.5. The number of nitriles is 1. The SMILES string of the molecule is CN(c1cc(NC(=O)[C@H]2C[C@H]2F)c2ncn(C)c2c1)c1ccc(C#N)cc1F. The maximum Gasteiger partial charge on any atom is 0.230 e. The number of nitrogens with zero attached hydrogens (tertiary/aromatic N) is 4. The van der Waals surface area contributed by atoms with Crippen LogP contribution in [0, 0.1) is 23.1 Å². The van der Waals surface area contributed by atoms with Crippen LogP contribution in [-0.4, -0.2) is 28.7 Å². The van der Waals surface area contributed by atoms with Crippen molar-refractivity contribution in [2.45, 2.75) is 12.6 Å². The smallest absolute Gasteiger partial charge is 0.230 e. The Kier molecular flexibility index (Phi) is 4.23. The van der Waals surface area contributed by atoms with Crippen LogP contribution in [0.4, 0.5) is 25.8 Å². The number of amides is 1. The lowest BCUT2D eigenvalue weighted by Gasteiger charge is -2.21. The topological polar surface area (TPSA) is 74.0 Å². The summed E-state index contributed by atoms with van der Waals surface area (Å²) >= 11 is 0. The molecule has 2 aromatic carbocycles. The molecule has 1 saturated carbocycles. The number of carbonyl (C=O) groups excluding carboxylic acids is 1. The van der Waals surface area contributed by atoms with E-state index in [-0.39, 0.29) is 23.6 Å². The van der Waals surface area contributed by atoms with Crippen LogP contribution >= 0.6 is 0 Å². The molecule has 0 saturated heterocycles. The molecule has 28 heavy (non-hydrogen) atoms. The fourth-order valence-corrected chi connectivity index (χ4v) is 3.15. The zero-order chi connectivity index (χ0) is 20.0. The summed E-state index contributed by atoms with van der Waals surface area (Å²) in [6, 6.07) is 9.64. The van der Waals surface area contributed by atoms with E-state index in [0.29, 0.717) is 16.9 Å². The first-order chi connectivity index (χ1) is 13.4. The first-order valence-corrected chi connectivity index (χ1v) is 8.72. The highest BCUT2D eigenvalue weighted by molar-refractivity contribution is 6.03. The van der Waals surface area contributed by atoms with Gasteiger partial charge in [0.2, 0.25) is 5.91 Å². The first-order valence-electron chi connectivity index (χ1n) is 8.72. The largest absolute Gasteiger partial charge is 0.342 e. The Labute approximate surface area is 160 Å². The summed E-state index contributed by atoms with van der Waals surface area (Å²) in [7, 11) is 3.50. The summed E-state index contributed by atoms with van der Waals surface area (Å²) in [6.45, 7) is 0. The van der Waals surface area contributed by atoms with E-state index in [4.69, 9.17) is 5.26 Å². The molecule has 0 aliphatic heterocycles. The summed E-state index contributed by atoms with van der Waals surface area (Å²) in [5.41, 5.74) is 2.88. The van der Waals surface area contributed by atoms with Gasteiger partial charge >= 0.3 is 0 Å². The molecule has 0 unspecified atom stereocenters. The molecule has 3 aromatic rings. The monoisotopic (exact) mass is 381 g/mol. The molecule has 8 heteroatoms. The molecule has 6 nitrogen and oxygen atoms in total. The Hall–Kier alpha value is -3.47. The van der Waals surface area contributed by atoms with Gasteiger partial charge in [-0.15, -0.1) is 0 Å². The summed E-state index contributed by atoms with van der Waals surface area (Å²) in [5, 5.41) is 11.7. The summed E-state index contributed by atoms with van der Waals surface area (Å²) < 4.78 is 29.5. The van der Waals surface area contributed by atoms with E-state index in [9.17, 15) is 13.6 Å². The van der Waals surface area contributed by atoms with Crippen LogP contribution < -0.4 is 10.2 Å². The average Bonchev–Trinajstić information content (AvgIpc) is 3.30. The molecule has 0 bridgehead atoms. The number of fused-ring (bicyclic) bond motifs is 1. The van der Waals surface area contributed by atoms with Gasteiger partial charge in [0.05, 0.1) is 40.8 Å². The van der Waals surface area contributed by atoms with Gasteiger partial charge in [-0.2, -0.15) is 5.26 Å². The highest BCUT2D eigenvalue weighted by Crippen LogP contribution is 2.37. The van der Waals surface area contributed by atoms with Crippen molar-refractivity contribution < 1.29 is 13.6 Å².